The number of halogens is 2. The molecule has 0 unspecified atom stereocenters. The van der Waals surface area contributed by atoms with Crippen LogP contribution in [-0.4, -0.2) is 36.0 Å². The lowest BCUT2D eigenvalue weighted by molar-refractivity contribution is 0.0895. The molecule has 2 aliphatic rings. The zero-order chi connectivity index (χ0) is 25.1. The van der Waals surface area contributed by atoms with Crippen molar-refractivity contribution in [2.75, 3.05) is 18.0 Å². The monoisotopic (exact) mass is 520 g/mol. The number of hydrogen-bond donors (Lipinski definition) is 0. The first-order valence-corrected chi connectivity index (χ1v) is 13.9. The first-order valence-electron chi connectivity index (χ1n) is 13.2. The Kier molecular flexibility index (Phi) is 8.00. The lowest BCUT2D eigenvalue weighted by Gasteiger charge is -2.45. The summed E-state index contributed by atoms with van der Waals surface area (Å²) in [6.07, 6.45) is 7.05. The Balaban J connectivity index is 1.36. The summed E-state index contributed by atoms with van der Waals surface area (Å²) in [5, 5.41) is 0.870. The van der Waals surface area contributed by atoms with Crippen LogP contribution in [0.1, 0.15) is 65.9 Å². The van der Waals surface area contributed by atoms with E-state index in [0.29, 0.717) is 27.6 Å². The molecule has 3 aromatic carbocycles. The van der Waals surface area contributed by atoms with Gasteiger partial charge in [-0.1, -0.05) is 84.1 Å². The lowest BCUT2D eigenvalue weighted by atomic mass is 9.78. The number of anilines is 1. The fourth-order valence-corrected chi connectivity index (χ4v) is 6.38. The Bertz CT molecular complexity index is 1170. The molecule has 0 N–H and O–H groups in total. The van der Waals surface area contributed by atoms with E-state index in [0.717, 1.165) is 31.6 Å². The molecular weight excluding hydrogens is 487 g/mol. The minimum Gasteiger partial charge on any atom is -0.305 e. The van der Waals surface area contributed by atoms with E-state index in [4.69, 9.17) is 23.2 Å². The number of rotatable bonds is 5. The smallest absolute Gasteiger partial charge is 0.258 e. The van der Waals surface area contributed by atoms with Gasteiger partial charge in [-0.05, 0) is 74.4 Å². The Morgan fingerprint density at radius 3 is 2.22 bits per heavy atom. The molecule has 0 radical (unpaired) electrons. The van der Waals surface area contributed by atoms with Gasteiger partial charge in [0, 0.05) is 36.4 Å². The van der Waals surface area contributed by atoms with Crippen LogP contribution in [-0.2, 0) is 0 Å². The van der Waals surface area contributed by atoms with Crippen LogP contribution >= 0.6 is 23.2 Å². The van der Waals surface area contributed by atoms with Crippen LogP contribution in [0.5, 0.6) is 0 Å². The third-order valence-corrected chi connectivity index (χ3v) is 8.73. The standard InChI is InChI=1S/C31H34Cl2N2O/c1-22-11-14-25(15-12-22)35(31(36)24-13-16-28(32)29(33)21-24)26-17-19-34(20-18-26)30-10-6-5-9-27(30)23-7-3-2-4-8-23/h2-4,7-8,11-16,21,26-27,30H,5-6,9-10,17-20H2,1H3/t27-,30-/m1/s1. The van der Waals surface area contributed by atoms with Gasteiger partial charge in [0.25, 0.3) is 5.91 Å². The summed E-state index contributed by atoms with van der Waals surface area (Å²) in [7, 11) is 0. The van der Waals surface area contributed by atoms with Gasteiger partial charge in [0.1, 0.15) is 0 Å². The van der Waals surface area contributed by atoms with Gasteiger partial charge in [0.2, 0.25) is 0 Å². The van der Waals surface area contributed by atoms with Crippen LogP contribution in [0.2, 0.25) is 10.0 Å². The molecule has 5 heteroatoms. The number of aryl methyl sites for hydroxylation is 1. The maximum absolute atomic E-state index is 13.8. The van der Waals surface area contributed by atoms with Crippen LogP contribution < -0.4 is 4.90 Å². The highest BCUT2D eigenvalue weighted by Crippen LogP contribution is 2.38. The molecule has 1 aliphatic carbocycles. The Morgan fingerprint density at radius 1 is 0.833 bits per heavy atom. The summed E-state index contributed by atoms with van der Waals surface area (Å²) in [6.45, 7) is 4.09. The third kappa shape index (κ3) is 5.49. The summed E-state index contributed by atoms with van der Waals surface area (Å²) < 4.78 is 0. The summed E-state index contributed by atoms with van der Waals surface area (Å²) in [4.78, 5) is 18.5. The van der Waals surface area contributed by atoms with E-state index < -0.39 is 0 Å². The molecule has 0 aromatic heterocycles. The van der Waals surface area contributed by atoms with Gasteiger partial charge >= 0.3 is 0 Å². The van der Waals surface area contributed by atoms with Gasteiger partial charge in [-0.2, -0.15) is 0 Å². The van der Waals surface area contributed by atoms with E-state index in [1.807, 2.05) is 4.90 Å². The number of likely N-dealkylation sites (tertiary alicyclic amines) is 1. The molecule has 0 bridgehead atoms. The molecule has 5 rings (SSSR count). The van der Waals surface area contributed by atoms with Crippen molar-refractivity contribution in [2.24, 2.45) is 0 Å². The molecule has 188 valence electrons. The minimum absolute atomic E-state index is 0.0179. The molecule has 2 fully saturated rings. The van der Waals surface area contributed by atoms with Crippen molar-refractivity contribution in [3.63, 3.8) is 0 Å². The fourth-order valence-electron chi connectivity index (χ4n) is 6.08. The van der Waals surface area contributed by atoms with Gasteiger partial charge in [-0.15, -0.1) is 0 Å². The Hall–Kier alpha value is -2.33. The first kappa shape index (κ1) is 25.3. The quantitative estimate of drug-likeness (QED) is 0.338. The second kappa shape index (κ2) is 11.4. The van der Waals surface area contributed by atoms with E-state index in [9.17, 15) is 4.79 Å². The number of carbonyl (C=O) groups is 1. The zero-order valence-corrected chi connectivity index (χ0v) is 22.4. The zero-order valence-electron chi connectivity index (χ0n) is 20.9. The van der Waals surface area contributed by atoms with Crippen molar-refractivity contribution < 1.29 is 4.79 Å². The van der Waals surface area contributed by atoms with Crippen molar-refractivity contribution >= 4 is 34.8 Å². The van der Waals surface area contributed by atoms with Crippen LogP contribution in [0.25, 0.3) is 0 Å². The highest BCUT2D eigenvalue weighted by Gasteiger charge is 2.36. The Labute approximate surface area is 225 Å². The van der Waals surface area contributed by atoms with Gasteiger partial charge < -0.3 is 4.90 Å². The average Bonchev–Trinajstić information content (AvgIpc) is 2.92. The van der Waals surface area contributed by atoms with E-state index in [1.165, 1.54) is 36.8 Å². The number of piperidine rings is 1. The lowest BCUT2D eigenvalue weighted by Crippen LogP contribution is -2.51. The maximum atomic E-state index is 13.8. The van der Waals surface area contributed by atoms with Crippen LogP contribution in [0, 0.1) is 6.92 Å². The number of nitrogens with zero attached hydrogens (tertiary/aromatic N) is 2. The molecule has 3 aromatic rings. The van der Waals surface area contributed by atoms with Crippen molar-refractivity contribution in [2.45, 2.75) is 63.5 Å². The SMILES string of the molecule is Cc1ccc(N(C(=O)c2ccc(Cl)c(Cl)c2)C2CCN([C@@H]3CCCC[C@@H]3c3ccccc3)CC2)cc1. The van der Waals surface area contributed by atoms with Crippen molar-refractivity contribution in [3.05, 3.63) is 99.5 Å². The molecule has 1 saturated carbocycles. The van der Waals surface area contributed by atoms with Crippen LogP contribution in [0.4, 0.5) is 5.69 Å². The second-order valence-corrected chi connectivity index (χ2v) is 11.1. The summed E-state index contributed by atoms with van der Waals surface area (Å²) in [6, 6.07) is 25.2. The van der Waals surface area contributed by atoms with E-state index >= 15 is 0 Å². The molecule has 0 spiro atoms. The number of benzene rings is 3. The van der Waals surface area contributed by atoms with Gasteiger partial charge in [-0.3, -0.25) is 9.69 Å². The molecule has 2 atom stereocenters. The minimum atomic E-state index is -0.0179. The average molecular weight is 522 g/mol. The van der Waals surface area contributed by atoms with Gasteiger partial charge in [0.05, 0.1) is 10.0 Å². The van der Waals surface area contributed by atoms with Crippen molar-refractivity contribution in [3.8, 4) is 0 Å². The number of amides is 1. The maximum Gasteiger partial charge on any atom is 0.258 e. The van der Waals surface area contributed by atoms with E-state index in [-0.39, 0.29) is 11.9 Å². The predicted octanol–water partition coefficient (Wildman–Crippen LogP) is 8.14. The van der Waals surface area contributed by atoms with Crippen molar-refractivity contribution in [1.29, 1.82) is 0 Å². The number of hydrogen-bond acceptors (Lipinski definition) is 2. The Morgan fingerprint density at radius 2 is 1.53 bits per heavy atom. The highest BCUT2D eigenvalue weighted by atomic mass is 35.5. The molecule has 1 aliphatic heterocycles. The molecule has 36 heavy (non-hydrogen) atoms. The summed E-state index contributed by atoms with van der Waals surface area (Å²) >= 11 is 12.4. The largest absolute Gasteiger partial charge is 0.305 e. The highest BCUT2D eigenvalue weighted by molar-refractivity contribution is 6.42. The van der Waals surface area contributed by atoms with Crippen LogP contribution in [0.15, 0.2) is 72.8 Å². The van der Waals surface area contributed by atoms with E-state index in [2.05, 4.69) is 66.4 Å². The second-order valence-electron chi connectivity index (χ2n) is 10.3. The molecule has 1 heterocycles. The molecule has 3 nitrogen and oxygen atoms in total. The normalized spacial score (nSPS) is 21.3. The summed E-state index contributed by atoms with van der Waals surface area (Å²) in [5.41, 5.74) is 4.17. The molecule has 1 amide bonds. The topological polar surface area (TPSA) is 23.6 Å². The summed E-state index contributed by atoms with van der Waals surface area (Å²) in [5.74, 6) is 0.582. The van der Waals surface area contributed by atoms with E-state index in [1.54, 1.807) is 18.2 Å². The number of carbonyl (C=O) groups excluding carboxylic acids is 1. The molecule has 1 saturated heterocycles. The fraction of sp³-hybridized carbons (Fsp3) is 0.387. The van der Waals surface area contributed by atoms with Gasteiger partial charge in [-0.25, -0.2) is 0 Å². The third-order valence-electron chi connectivity index (χ3n) is 7.99. The van der Waals surface area contributed by atoms with Crippen LogP contribution in [0.3, 0.4) is 0 Å². The van der Waals surface area contributed by atoms with Gasteiger partial charge in [0.15, 0.2) is 0 Å². The first-order chi connectivity index (χ1) is 17.5. The predicted molar refractivity (Wildman–Crippen MR) is 150 cm³/mol. The molecular formula is C31H34Cl2N2O. The van der Waals surface area contributed by atoms with Crippen molar-refractivity contribution in [1.82, 2.24) is 4.90 Å².